The van der Waals surface area contributed by atoms with Crippen LogP contribution in [0.25, 0.3) is 0 Å². The van der Waals surface area contributed by atoms with Gasteiger partial charge >= 0.3 is 0 Å². The molecule has 5 heteroatoms. The van der Waals surface area contributed by atoms with Crippen LogP contribution in [0.2, 0.25) is 0 Å². The fourth-order valence-electron chi connectivity index (χ4n) is 4.24. The van der Waals surface area contributed by atoms with Crippen LogP contribution in [0.4, 0.5) is 0 Å². The first kappa shape index (κ1) is 29.1. The summed E-state index contributed by atoms with van der Waals surface area (Å²) >= 11 is 0. The maximum atomic E-state index is 13.7. The Bertz CT molecular complexity index is 1260. The largest absolute Gasteiger partial charge is 0.369 e. The van der Waals surface area contributed by atoms with Crippen molar-refractivity contribution >= 4 is 5.78 Å². The van der Waals surface area contributed by atoms with Crippen molar-refractivity contribution in [2.45, 2.75) is 44.7 Å². The Morgan fingerprint density at radius 1 is 0.575 bits per heavy atom. The van der Waals surface area contributed by atoms with Gasteiger partial charge in [-0.25, -0.2) is 0 Å². The molecule has 3 atom stereocenters. The molecule has 40 heavy (non-hydrogen) atoms. The molecule has 0 heterocycles. The normalized spacial score (nSPS) is 13.3. The number of ether oxygens (including phenoxy) is 4. The number of ketones is 1. The predicted octanol–water partition coefficient (Wildman–Crippen LogP) is 6.71. The molecule has 0 saturated carbocycles. The van der Waals surface area contributed by atoms with E-state index in [4.69, 9.17) is 18.9 Å². The zero-order valence-electron chi connectivity index (χ0n) is 22.6. The van der Waals surface area contributed by atoms with E-state index in [1.807, 2.05) is 121 Å². The summed E-state index contributed by atoms with van der Waals surface area (Å²) < 4.78 is 24.8. The lowest BCUT2D eigenvalue weighted by Gasteiger charge is -2.31. The molecule has 0 aliphatic carbocycles. The Kier molecular flexibility index (Phi) is 11.9. The molecule has 0 amide bonds. The minimum Gasteiger partial charge on any atom is -0.369 e. The molecule has 0 spiro atoms. The van der Waals surface area contributed by atoms with Crippen LogP contribution in [-0.2, 0) is 50.2 Å². The molecule has 206 valence electrons. The molecule has 5 nitrogen and oxygen atoms in total. The quantitative estimate of drug-likeness (QED) is 0.140. The lowest BCUT2D eigenvalue weighted by Crippen LogP contribution is -2.47. The lowest BCUT2D eigenvalue weighted by molar-refractivity contribution is -0.164. The number of carbonyl (C=O) groups is 1. The highest BCUT2D eigenvalue weighted by atomic mass is 16.6. The van der Waals surface area contributed by atoms with E-state index in [-0.39, 0.29) is 25.6 Å². The van der Waals surface area contributed by atoms with Gasteiger partial charge in [0, 0.05) is 0 Å². The first-order valence-corrected chi connectivity index (χ1v) is 13.5. The van der Waals surface area contributed by atoms with E-state index in [2.05, 4.69) is 6.58 Å². The highest BCUT2D eigenvalue weighted by Crippen LogP contribution is 2.20. The zero-order chi connectivity index (χ0) is 27.8. The van der Waals surface area contributed by atoms with Gasteiger partial charge in [-0.3, -0.25) is 4.79 Å². The number of hydrogen-bond acceptors (Lipinski definition) is 5. The van der Waals surface area contributed by atoms with Crippen LogP contribution in [0.1, 0.15) is 22.3 Å². The van der Waals surface area contributed by atoms with Gasteiger partial charge in [-0.1, -0.05) is 127 Å². The Morgan fingerprint density at radius 3 is 1.43 bits per heavy atom. The molecular formula is C35H36O5. The van der Waals surface area contributed by atoms with Crippen LogP contribution in [-0.4, -0.2) is 30.7 Å². The van der Waals surface area contributed by atoms with Crippen molar-refractivity contribution in [3.8, 4) is 0 Å². The number of benzene rings is 4. The SMILES string of the molecule is C=CC(OCc1ccccc1)C(OCc1ccccc1)[C@H](OCc1ccccc1)C(=O)COCc1ccccc1. The summed E-state index contributed by atoms with van der Waals surface area (Å²) in [6, 6.07) is 39.2. The molecule has 0 aromatic heterocycles. The Labute approximate surface area is 237 Å². The smallest absolute Gasteiger partial charge is 0.189 e. The van der Waals surface area contributed by atoms with E-state index in [9.17, 15) is 4.79 Å². The second-order valence-corrected chi connectivity index (χ2v) is 9.42. The molecule has 4 aromatic carbocycles. The fourth-order valence-corrected chi connectivity index (χ4v) is 4.24. The first-order chi connectivity index (χ1) is 19.7. The number of Topliss-reactive ketones (excluding diaryl/α,β-unsaturated/α-hetero) is 1. The van der Waals surface area contributed by atoms with E-state index in [0.717, 1.165) is 22.3 Å². The van der Waals surface area contributed by atoms with Crippen LogP contribution in [0.5, 0.6) is 0 Å². The maximum absolute atomic E-state index is 13.7. The lowest BCUT2D eigenvalue weighted by atomic mass is 10.0. The van der Waals surface area contributed by atoms with Crippen LogP contribution in [0.15, 0.2) is 134 Å². The number of rotatable bonds is 17. The standard InChI is InChI=1S/C35H36O5/c1-2-33(38-24-29-17-9-4-10-18-29)35(40-26-31-21-13-6-14-22-31)34(39-25-30-19-11-5-12-20-30)32(36)27-37-23-28-15-7-3-8-16-28/h2-22,33-35H,1,23-27H2/t33?,34-,35?/m1/s1. The molecule has 0 saturated heterocycles. The molecule has 0 fully saturated rings. The molecule has 4 rings (SSSR count). The molecule has 0 radical (unpaired) electrons. The summed E-state index contributed by atoms with van der Waals surface area (Å²) in [6.07, 6.45) is -0.630. The third kappa shape index (κ3) is 9.40. The van der Waals surface area contributed by atoms with Gasteiger partial charge in [-0.15, -0.1) is 6.58 Å². The minimum absolute atomic E-state index is 0.123. The van der Waals surface area contributed by atoms with Crippen molar-refractivity contribution < 1.29 is 23.7 Å². The summed E-state index contributed by atoms with van der Waals surface area (Å²) in [6.45, 7) is 5.07. The molecule has 4 aromatic rings. The summed E-state index contributed by atoms with van der Waals surface area (Å²) in [5.41, 5.74) is 3.93. The zero-order valence-corrected chi connectivity index (χ0v) is 22.6. The van der Waals surface area contributed by atoms with Gasteiger partial charge in [0.1, 0.15) is 24.9 Å². The van der Waals surface area contributed by atoms with Gasteiger partial charge < -0.3 is 18.9 Å². The third-order valence-electron chi connectivity index (χ3n) is 6.37. The monoisotopic (exact) mass is 536 g/mol. The highest BCUT2D eigenvalue weighted by molar-refractivity contribution is 5.85. The van der Waals surface area contributed by atoms with E-state index < -0.39 is 18.3 Å². The van der Waals surface area contributed by atoms with Crippen molar-refractivity contribution in [3.05, 3.63) is 156 Å². The van der Waals surface area contributed by atoms with E-state index in [0.29, 0.717) is 13.2 Å². The Balaban J connectivity index is 1.54. The topological polar surface area (TPSA) is 54.0 Å². The second-order valence-electron chi connectivity index (χ2n) is 9.42. The average Bonchev–Trinajstić information content (AvgIpc) is 3.01. The van der Waals surface area contributed by atoms with Gasteiger partial charge in [0.25, 0.3) is 0 Å². The molecule has 0 aliphatic rings. The van der Waals surface area contributed by atoms with E-state index in [1.165, 1.54) is 0 Å². The van der Waals surface area contributed by atoms with Crippen LogP contribution in [0.3, 0.4) is 0 Å². The van der Waals surface area contributed by atoms with Gasteiger partial charge in [0.15, 0.2) is 5.78 Å². The van der Waals surface area contributed by atoms with Crippen molar-refractivity contribution in [2.24, 2.45) is 0 Å². The van der Waals surface area contributed by atoms with Crippen molar-refractivity contribution in [1.82, 2.24) is 0 Å². The number of carbonyl (C=O) groups excluding carboxylic acids is 1. The minimum atomic E-state index is -0.946. The molecule has 0 aliphatic heterocycles. The first-order valence-electron chi connectivity index (χ1n) is 13.5. The summed E-state index contributed by atoms with van der Waals surface area (Å²) in [5, 5.41) is 0. The van der Waals surface area contributed by atoms with E-state index >= 15 is 0 Å². The van der Waals surface area contributed by atoms with Gasteiger partial charge in [0.05, 0.1) is 26.4 Å². The fraction of sp³-hybridized carbons (Fsp3) is 0.229. The number of hydrogen-bond donors (Lipinski definition) is 0. The van der Waals surface area contributed by atoms with Crippen LogP contribution >= 0.6 is 0 Å². The van der Waals surface area contributed by atoms with Crippen molar-refractivity contribution in [2.75, 3.05) is 6.61 Å². The molecular weight excluding hydrogens is 500 g/mol. The van der Waals surface area contributed by atoms with Crippen molar-refractivity contribution in [1.29, 1.82) is 0 Å². The highest BCUT2D eigenvalue weighted by Gasteiger charge is 2.36. The Morgan fingerprint density at radius 2 is 0.975 bits per heavy atom. The maximum Gasteiger partial charge on any atom is 0.189 e. The van der Waals surface area contributed by atoms with Crippen LogP contribution < -0.4 is 0 Å². The second kappa shape index (κ2) is 16.3. The Hall–Kier alpha value is -3.87. The van der Waals surface area contributed by atoms with E-state index in [1.54, 1.807) is 6.08 Å². The summed E-state index contributed by atoms with van der Waals surface area (Å²) in [4.78, 5) is 13.7. The third-order valence-corrected chi connectivity index (χ3v) is 6.37. The summed E-state index contributed by atoms with van der Waals surface area (Å²) in [5.74, 6) is -0.222. The molecule has 0 bridgehead atoms. The van der Waals surface area contributed by atoms with Crippen LogP contribution in [0, 0.1) is 0 Å². The average molecular weight is 537 g/mol. The predicted molar refractivity (Wildman–Crippen MR) is 156 cm³/mol. The van der Waals surface area contributed by atoms with Gasteiger partial charge in [-0.2, -0.15) is 0 Å². The molecule has 0 N–H and O–H groups in total. The van der Waals surface area contributed by atoms with Crippen molar-refractivity contribution in [3.63, 3.8) is 0 Å². The summed E-state index contributed by atoms with van der Waals surface area (Å²) in [7, 11) is 0. The van der Waals surface area contributed by atoms with Gasteiger partial charge in [0.2, 0.25) is 0 Å². The molecule has 2 unspecified atom stereocenters. The van der Waals surface area contributed by atoms with Gasteiger partial charge in [-0.05, 0) is 22.3 Å².